The van der Waals surface area contributed by atoms with E-state index in [1.165, 1.54) is 0 Å². The summed E-state index contributed by atoms with van der Waals surface area (Å²) in [5.74, 6) is 0. The molecule has 0 bridgehead atoms. The van der Waals surface area contributed by atoms with Crippen LogP contribution < -0.4 is 0 Å². The van der Waals surface area contributed by atoms with E-state index in [9.17, 15) is 0 Å². The third-order valence-corrected chi connectivity index (χ3v) is 1.93. The Labute approximate surface area is 68.4 Å². The highest BCUT2D eigenvalue weighted by Gasteiger charge is 2.00. The van der Waals surface area contributed by atoms with Gasteiger partial charge in [0.2, 0.25) is 0 Å². The summed E-state index contributed by atoms with van der Waals surface area (Å²) in [6, 6.07) is 0. The van der Waals surface area contributed by atoms with Gasteiger partial charge in [-0.05, 0) is 6.92 Å². The van der Waals surface area contributed by atoms with Crippen LogP contribution in [0.1, 0.15) is 6.92 Å². The van der Waals surface area contributed by atoms with Gasteiger partial charge in [-0.2, -0.15) is 0 Å². The normalized spacial score (nSPS) is 15.5. The first-order valence-electron chi connectivity index (χ1n) is 2.91. The first-order chi connectivity index (χ1) is 4.85. The van der Waals surface area contributed by atoms with Gasteiger partial charge in [0.1, 0.15) is 6.10 Å². The van der Waals surface area contributed by atoms with Crippen LogP contribution in [0.2, 0.25) is 0 Å². The molecule has 0 aromatic heterocycles. The fourth-order valence-corrected chi connectivity index (χ4v) is 1.56. The second-order valence-electron chi connectivity index (χ2n) is 1.63. The van der Waals surface area contributed by atoms with Crippen molar-refractivity contribution in [2.75, 3.05) is 6.61 Å². The molecule has 0 saturated carbocycles. The molecule has 0 aliphatic carbocycles. The Morgan fingerprint density at radius 3 is 2.80 bits per heavy atom. The Hall–Kier alpha value is 0.950. The lowest BCUT2D eigenvalue weighted by Crippen LogP contribution is -2.09. The molecule has 0 saturated heterocycles. The SMILES string of the molecule is CC=C[C@H](COP)OPP. The predicted octanol–water partition coefficient (Wildman–Crippen LogP) is 2.14. The molecular formula is C5H13O2P3. The molecule has 0 radical (unpaired) electrons. The van der Waals surface area contributed by atoms with Crippen LogP contribution in [0, 0.1) is 0 Å². The zero-order valence-electron chi connectivity index (χ0n) is 5.91. The maximum absolute atomic E-state index is 5.29. The van der Waals surface area contributed by atoms with Crippen LogP contribution in [0.5, 0.6) is 0 Å². The van der Waals surface area contributed by atoms with Gasteiger partial charge >= 0.3 is 0 Å². The standard InChI is InChI=1S/C5H13O2P3/c1-2-3-5(4-6-8)7-10-9/h2-3,5,10H,4,8-9H2,1H3/t5-/m1/s1. The average Bonchev–Trinajstić information content (AvgIpc) is 1.90. The fourth-order valence-electron chi connectivity index (χ4n) is 0.526. The lowest BCUT2D eigenvalue weighted by atomic mass is 10.3. The van der Waals surface area contributed by atoms with E-state index in [1.54, 1.807) is 0 Å². The van der Waals surface area contributed by atoms with Gasteiger partial charge in [0.05, 0.1) is 6.61 Å². The van der Waals surface area contributed by atoms with Crippen molar-refractivity contribution in [1.82, 2.24) is 0 Å². The summed E-state index contributed by atoms with van der Waals surface area (Å²) in [6.07, 6.45) is 4.03. The number of hydrogen-bond donors (Lipinski definition) is 0. The Morgan fingerprint density at radius 1 is 1.70 bits per heavy atom. The molecule has 4 atom stereocenters. The summed E-state index contributed by atoms with van der Waals surface area (Å²) >= 11 is 0. The predicted molar refractivity (Wildman–Crippen MR) is 53.4 cm³/mol. The molecule has 3 unspecified atom stereocenters. The zero-order valence-corrected chi connectivity index (χ0v) is 9.22. The van der Waals surface area contributed by atoms with E-state index in [1.807, 2.05) is 19.1 Å². The van der Waals surface area contributed by atoms with E-state index in [0.717, 1.165) is 0 Å². The molecule has 0 aliphatic rings. The highest BCUT2D eigenvalue weighted by Crippen LogP contribution is 2.24. The van der Waals surface area contributed by atoms with Crippen molar-refractivity contribution in [2.45, 2.75) is 13.0 Å². The van der Waals surface area contributed by atoms with Gasteiger partial charge in [0.25, 0.3) is 0 Å². The van der Waals surface area contributed by atoms with Gasteiger partial charge in [-0.1, -0.05) is 21.1 Å². The zero-order chi connectivity index (χ0) is 7.82. The molecule has 0 aromatic carbocycles. The van der Waals surface area contributed by atoms with Crippen molar-refractivity contribution >= 4 is 26.9 Å². The molecule has 0 amide bonds. The van der Waals surface area contributed by atoms with Crippen molar-refractivity contribution in [3.63, 3.8) is 0 Å². The summed E-state index contributed by atoms with van der Waals surface area (Å²) in [5, 5.41) is 0. The van der Waals surface area contributed by atoms with Crippen LogP contribution in [0.4, 0.5) is 0 Å². The lowest BCUT2D eigenvalue weighted by molar-refractivity contribution is 0.203. The average molecular weight is 198 g/mol. The smallest absolute Gasteiger partial charge is 0.104 e. The monoisotopic (exact) mass is 198 g/mol. The highest BCUT2D eigenvalue weighted by atomic mass is 32.0. The number of hydrogen-bond acceptors (Lipinski definition) is 2. The van der Waals surface area contributed by atoms with Crippen molar-refractivity contribution in [1.29, 1.82) is 0 Å². The second-order valence-corrected chi connectivity index (χ2v) is 3.15. The van der Waals surface area contributed by atoms with E-state index in [4.69, 9.17) is 9.05 Å². The largest absolute Gasteiger partial charge is 0.363 e. The minimum Gasteiger partial charge on any atom is -0.363 e. The van der Waals surface area contributed by atoms with Crippen LogP contribution in [0.25, 0.3) is 0 Å². The minimum atomic E-state index is 0.0957. The maximum Gasteiger partial charge on any atom is 0.104 e. The van der Waals surface area contributed by atoms with Gasteiger partial charge in [0, 0.05) is 18.0 Å². The van der Waals surface area contributed by atoms with Crippen LogP contribution in [-0.4, -0.2) is 12.7 Å². The van der Waals surface area contributed by atoms with Crippen molar-refractivity contribution < 1.29 is 9.05 Å². The summed E-state index contributed by atoms with van der Waals surface area (Å²) in [5.41, 5.74) is 0. The molecule has 0 fully saturated rings. The molecule has 0 aromatic rings. The molecule has 0 N–H and O–H groups in total. The van der Waals surface area contributed by atoms with Crippen molar-refractivity contribution in [3.8, 4) is 0 Å². The summed E-state index contributed by atoms with van der Waals surface area (Å²) < 4.78 is 10.1. The molecule has 0 spiro atoms. The Morgan fingerprint density at radius 2 is 2.40 bits per heavy atom. The summed E-state index contributed by atoms with van der Waals surface area (Å²) in [4.78, 5) is 0. The van der Waals surface area contributed by atoms with E-state index >= 15 is 0 Å². The molecule has 0 rings (SSSR count). The quantitative estimate of drug-likeness (QED) is 0.497. The lowest BCUT2D eigenvalue weighted by Gasteiger charge is -2.09. The van der Waals surface area contributed by atoms with Gasteiger partial charge in [-0.15, -0.1) is 0 Å². The molecule has 0 aliphatic heterocycles. The third-order valence-electron chi connectivity index (χ3n) is 0.887. The molecule has 2 nitrogen and oxygen atoms in total. The number of allylic oxidation sites excluding steroid dienone is 1. The minimum absolute atomic E-state index is 0.0957. The first-order valence-corrected chi connectivity index (χ1v) is 6.09. The highest BCUT2D eigenvalue weighted by molar-refractivity contribution is 8.00. The first kappa shape index (κ1) is 11.0. The number of rotatable bonds is 5. The van der Waals surface area contributed by atoms with Crippen molar-refractivity contribution in [2.24, 2.45) is 0 Å². The molecule has 60 valence electrons. The van der Waals surface area contributed by atoms with Crippen LogP contribution in [-0.2, 0) is 9.05 Å². The Kier molecular flexibility index (Phi) is 8.82. The molecule has 10 heavy (non-hydrogen) atoms. The van der Waals surface area contributed by atoms with Gasteiger partial charge in [-0.25, -0.2) is 0 Å². The maximum atomic E-state index is 5.29. The summed E-state index contributed by atoms with van der Waals surface area (Å²) in [6.45, 7) is 2.56. The molecular weight excluding hydrogens is 185 g/mol. The van der Waals surface area contributed by atoms with E-state index < -0.39 is 0 Å². The molecule has 0 heterocycles. The van der Waals surface area contributed by atoms with Crippen LogP contribution in [0.3, 0.4) is 0 Å². The topological polar surface area (TPSA) is 18.5 Å². The Balaban J connectivity index is 3.50. The van der Waals surface area contributed by atoms with E-state index in [0.29, 0.717) is 15.1 Å². The van der Waals surface area contributed by atoms with Crippen LogP contribution in [0.15, 0.2) is 12.2 Å². The summed E-state index contributed by atoms with van der Waals surface area (Å²) in [7, 11) is 5.17. The van der Waals surface area contributed by atoms with Gasteiger partial charge in [-0.3, -0.25) is 0 Å². The van der Waals surface area contributed by atoms with E-state index in [2.05, 4.69) is 18.4 Å². The van der Waals surface area contributed by atoms with Gasteiger partial charge < -0.3 is 9.05 Å². The third kappa shape index (κ3) is 5.71. The van der Waals surface area contributed by atoms with Crippen LogP contribution >= 0.6 is 26.9 Å². The fraction of sp³-hybridized carbons (Fsp3) is 0.600. The Bertz CT molecular complexity index is 90.9. The van der Waals surface area contributed by atoms with E-state index in [-0.39, 0.29) is 6.10 Å². The van der Waals surface area contributed by atoms with Crippen molar-refractivity contribution in [3.05, 3.63) is 12.2 Å². The van der Waals surface area contributed by atoms with Gasteiger partial charge in [0.15, 0.2) is 0 Å². The second kappa shape index (κ2) is 8.05. The molecule has 5 heteroatoms.